The summed E-state index contributed by atoms with van der Waals surface area (Å²) in [6.45, 7) is 5.73. The van der Waals surface area contributed by atoms with Crippen LogP contribution in [0.1, 0.15) is 26.3 Å². The van der Waals surface area contributed by atoms with E-state index in [0.29, 0.717) is 18.0 Å². The van der Waals surface area contributed by atoms with Gasteiger partial charge in [0.15, 0.2) is 5.75 Å². The van der Waals surface area contributed by atoms with Crippen LogP contribution in [0.25, 0.3) is 0 Å². The van der Waals surface area contributed by atoms with E-state index in [1.54, 1.807) is 20.8 Å². The lowest BCUT2D eigenvalue weighted by Crippen LogP contribution is -2.27. The van der Waals surface area contributed by atoms with Crippen LogP contribution in [-0.2, 0) is 11.3 Å². The fourth-order valence-corrected chi connectivity index (χ4v) is 1.94. The number of halogens is 1. The molecule has 0 aliphatic carbocycles. The zero-order chi connectivity index (χ0) is 16.9. The van der Waals surface area contributed by atoms with Crippen molar-refractivity contribution in [2.24, 2.45) is 0 Å². The summed E-state index contributed by atoms with van der Waals surface area (Å²) < 4.78 is 10.9. The molecule has 0 unspecified atom stereocenters. The minimum Gasteiger partial charge on any atom is -0.485 e. The lowest BCUT2D eigenvalue weighted by molar-refractivity contribution is 0.0635. The molecule has 0 atom stereocenters. The van der Waals surface area contributed by atoms with Crippen molar-refractivity contribution >= 4 is 23.4 Å². The molecule has 0 fully saturated rings. The van der Waals surface area contributed by atoms with Gasteiger partial charge in [0, 0.05) is 6.07 Å². The number of carbonyl (C=O) groups is 1. The third-order valence-corrected chi connectivity index (χ3v) is 2.91. The van der Waals surface area contributed by atoms with E-state index in [2.05, 4.69) is 10.3 Å². The summed E-state index contributed by atoms with van der Waals surface area (Å²) in [7, 11) is 0. The number of rotatable bonds is 4. The lowest BCUT2D eigenvalue weighted by Gasteiger charge is -2.20. The first-order valence-corrected chi connectivity index (χ1v) is 7.53. The molecule has 122 valence electrons. The number of carbonyl (C=O) groups excluding carboxylic acids is 1. The van der Waals surface area contributed by atoms with E-state index in [9.17, 15) is 4.79 Å². The van der Waals surface area contributed by atoms with Crippen molar-refractivity contribution in [1.29, 1.82) is 0 Å². The van der Waals surface area contributed by atoms with E-state index >= 15 is 0 Å². The Morgan fingerprint density at radius 2 is 1.96 bits per heavy atom. The van der Waals surface area contributed by atoms with Crippen LogP contribution in [0.5, 0.6) is 5.75 Å². The number of nitrogens with zero attached hydrogens (tertiary/aromatic N) is 1. The van der Waals surface area contributed by atoms with Crippen LogP contribution in [0, 0.1) is 0 Å². The maximum absolute atomic E-state index is 11.9. The van der Waals surface area contributed by atoms with E-state index in [1.165, 1.54) is 12.3 Å². The van der Waals surface area contributed by atoms with Gasteiger partial charge in [0.2, 0.25) is 0 Å². The maximum Gasteiger partial charge on any atom is 0.412 e. The van der Waals surface area contributed by atoms with Gasteiger partial charge in [0.25, 0.3) is 0 Å². The van der Waals surface area contributed by atoms with Gasteiger partial charge in [-0.15, -0.1) is 0 Å². The fourth-order valence-electron chi connectivity index (χ4n) is 1.78. The van der Waals surface area contributed by atoms with Gasteiger partial charge in [-0.05, 0) is 26.3 Å². The first-order valence-electron chi connectivity index (χ1n) is 7.16. The summed E-state index contributed by atoms with van der Waals surface area (Å²) in [6, 6.07) is 11.2. The molecule has 0 spiro atoms. The second-order valence-electron chi connectivity index (χ2n) is 5.90. The minimum atomic E-state index is -0.591. The number of hydrogen-bond acceptors (Lipinski definition) is 4. The van der Waals surface area contributed by atoms with E-state index in [-0.39, 0.29) is 5.15 Å². The Bertz CT molecular complexity index is 669. The highest BCUT2D eigenvalue weighted by atomic mass is 35.5. The average molecular weight is 335 g/mol. The smallest absolute Gasteiger partial charge is 0.412 e. The van der Waals surface area contributed by atoms with Gasteiger partial charge in [-0.1, -0.05) is 41.9 Å². The molecule has 23 heavy (non-hydrogen) atoms. The van der Waals surface area contributed by atoms with Gasteiger partial charge in [0.05, 0.1) is 11.9 Å². The van der Waals surface area contributed by atoms with Gasteiger partial charge < -0.3 is 9.47 Å². The Kier molecular flexibility index (Phi) is 5.45. The van der Waals surface area contributed by atoms with Gasteiger partial charge in [-0.3, -0.25) is 5.32 Å². The van der Waals surface area contributed by atoms with Crippen molar-refractivity contribution in [3.05, 3.63) is 53.3 Å². The highest BCUT2D eigenvalue weighted by Gasteiger charge is 2.18. The SMILES string of the molecule is CC(C)(C)OC(=O)Nc1cc(Cl)ncc1OCc1ccccc1. The van der Waals surface area contributed by atoms with Crippen LogP contribution in [0.3, 0.4) is 0 Å². The van der Waals surface area contributed by atoms with Gasteiger partial charge >= 0.3 is 6.09 Å². The van der Waals surface area contributed by atoms with Crippen molar-refractivity contribution in [3.8, 4) is 5.75 Å². The molecule has 0 saturated carbocycles. The van der Waals surface area contributed by atoms with Crippen molar-refractivity contribution in [3.63, 3.8) is 0 Å². The minimum absolute atomic E-state index is 0.253. The molecule has 0 bridgehead atoms. The topological polar surface area (TPSA) is 60.5 Å². The molecule has 1 heterocycles. The molecule has 2 aromatic rings. The highest BCUT2D eigenvalue weighted by Crippen LogP contribution is 2.27. The molecule has 1 aromatic heterocycles. The van der Waals surface area contributed by atoms with Crippen molar-refractivity contribution in [2.45, 2.75) is 33.0 Å². The van der Waals surface area contributed by atoms with Gasteiger partial charge in [0.1, 0.15) is 17.4 Å². The number of anilines is 1. The van der Waals surface area contributed by atoms with Crippen LogP contribution in [0.2, 0.25) is 5.15 Å². The van der Waals surface area contributed by atoms with Crippen molar-refractivity contribution < 1.29 is 14.3 Å². The van der Waals surface area contributed by atoms with E-state index in [4.69, 9.17) is 21.1 Å². The summed E-state index contributed by atoms with van der Waals surface area (Å²) in [5.74, 6) is 0.420. The number of aromatic nitrogens is 1. The first-order chi connectivity index (χ1) is 10.8. The molecule has 5 nitrogen and oxygen atoms in total. The third kappa shape index (κ3) is 5.79. The first kappa shape index (κ1) is 17.1. The average Bonchev–Trinajstić information content (AvgIpc) is 2.45. The van der Waals surface area contributed by atoms with Crippen molar-refractivity contribution in [2.75, 3.05) is 5.32 Å². The van der Waals surface area contributed by atoms with Gasteiger partial charge in [-0.2, -0.15) is 0 Å². The maximum atomic E-state index is 11.9. The second-order valence-corrected chi connectivity index (χ2v) is 6.29. The zero-order valence-electron chi connectivity index (χ0n) is 13.3. The second kappa shape index (κ2) is 7.33. The molecule has 1 aromatic carbocycles. The number of nitrogens with one attached hydrogen (secondary N) is 1. The van der Waals surface area contributed by atoms with E-state index in [1.807, 2.05) is 30.3 Å². The Balaban J connectivity index is 2.09. The Hall–Kier alpha value is -2.27. The molecule has 2 rings (SSSR count). The summed E-state index contributed by atoms with van der Waals surface area (Å²) in [6.07, 6.45) is 0.891. The van der Waals surface area contributed by atoms with E-state index < -0.39 is 11.7 Å². The number of benzene rings is 1. The quantitative estimate of drug-likeness (QED) is 0.826. The van der Waals surface area contributed by atoms with Crippen LogP contribution in [-0.4, -0.2) is 16.7 Å². The molecule has 0 aliphatic heterocycles. The molecule has 6 heteroatoms. The fraction of sp³-hybridized carbons (Fsp3) is 0.294. The van der Waals surface area contributed by atoms with Crippen molar-refractivity contribution in [1.82, 2.24) is 4.98 Å². The number of hydrogen-bond donors (Lipinski definition) is 1. The lowest BCUT2D eigenvalue weighted by atomic mass is 10.2. The molecular weight excluding hydrogens is 316 g/mol. The zero-order valence-corrected chi connectivity index (χ0v) is 14.1. The molecule has 1 N–H and O–H groups in total. The van der Waals surface area contributed by atoms with E-state index in [0.717, 1.165) is 5.56 Å². The Morgan fingerprint density at radius 1 is 1.26 bits per heavy atom. The largest absolute Gasteiger partial charge is 0.485 e. The third-order valence-electron chi connectivity index (χ3n) is 2.71. The normalized spacial score (nSPS) is 11.0. The van der Waals surface area contributed by atoms with Crippen LogP contribution >= 0.6 is 11.6 Å². The molecule has 1 amide bonds. The highest BCUT2D eigenvalue weighted by molar-refractivity contribution is 6.29. The predicted octanol–water partition coefficient (Wildman–Crippen LogP) is 4.66. The Labute approximate surface area is 140 Å². The summed E-state index contributed by atoms with van der Waals surface area (Å²) in [5, 5.41) is 2.89. The molecule has 0 saturated heterocycles. The number of amides is 1. The summed E-state index contributed by atoms with van der Waals surface area (Å²) in [5.41, 5.74) is 0.826. The monoisotopic (exact) mass is 334 g/mol. The van der Waals surface area contributed by atoms with Crippen LogP contribution in [0.15, 0.2) is 42.6 Å². The molecule has 0 aliphatic rings. The standard InChI is InChI=1S/C17H19ClN2O3/c1-17(2,3)23-16(21)20-13-9-15(18)19-10-14(13)22-11-12-7-5-4-6-8-12/h4-10H,11H2,1-3H3,(H,19,20,21). The molecule has 0 radical (unpaired) electrons. The summed E-state index contributed by atoms with van der Waals surface area (Å²) in [4.78, 5) is 15.9. The van der Waals surface area contributed by atoms with Gasteiger partial charge in [-0.25, -0.2) is 9.78 Å². The van der Waals surface area contributed by atoms with Crippen LogP contribution in [0.4, 0.5) is 10.5 Å². The number of ether oxygens (including phenoxy) is 2. The Morgan fingerprint density at radius 3 is 2.61 bits per heavy atom. The predicted molar refractivity (Wildman–Crippen MR) is 89.9 cm³/mol. The van der Waals surface area contributed by atoms with Crippen LogP contribution < -0.4 is 10.1 Å². The number of pyridine rings is 1. The molecular formula is C17H19ClN2O3. The summed E-state index contributed by atoms with van der Waals surface area (Å²) >= 11 is 5.89.